The van der Waals surface area contributed by atoms with Crippen LogP contribution in [0.1, 0.15) is 29.2 Å². The Morgan fingerprint density at radius 1 is 1.56 bits per heavy atom. The van der Waals surface area contributed by atoms with Crippen molar-refractivity contribution in [3.05, 3.63) is 23.5 Å². The van der Waals surface area contributed by atoms with Gasteiger partial charge in [0, 0.05) is 5.69 Å². The first-order valence-electron chi connectivity index (χ1n) is 4.88. The number of hydrogen-bond donors (Lipinski definition) is 3. The summed E-state index contributed by atoms with van der Waals surface area (Å²) in [6, 6.07) is 2.99. The van der Waals surface area contributed by atoms with Gasteiger partial charge in [-0.05, 0) is 19.1 Å². The molecule has 0 amide bonds. The number of esters is 1. The number of aromatic amines is 1. The summed E-state index contributed by atoms with van der Waals surface area (Å²) in [7, 11) is 0. The topological polar surface area (TPSA) is 82.6 Å². The third kappa shape index (κ3) is 2.98. The zero-order chi connectivity index (χ0) is 12.1. The summed E-state index contributed by atoms with van der Waals surface area (Å²) in [6.07, 6.45) is -2.21. The fourth-order valence-corrected chi connectivity index (χ4v) is 1.37. The van der Waals surface area contributed by atoms with Gasteiger partial charge in [0.15, 0.2) is 0 Å². The number of ether oxygens (including phenoxy) is 1. The largest absolute Gasteiger partial charge is 0.461 e. The minimum atomic E-state index is -1.14. The van der Waals surface area contributed by atoms with E-state index in [1.54, 1.807) is 6.92 Å². The molecule has 6 heteroatoms. The van der Waals surface area contributed by atoms with E-state index in [9.17, 15) is 15.0 Å². The number of hydrogen-bond acceptors (Lipinski definition) is 4. The van der Waals surface area contributed by atoms with E-state index in [0.717, 1.165) is 0 Å². The number of rotatable bonds is 5. The normalized spacial score (nSPS) is 14.5. The number of halogens is 1. The van der Waals surface area contributed by atoms with Crippen LogP contribution in [0.5, 0.6) is 0 Å². The molecule has 0 saturated carbocycles. The maximum absolute atomic E-state index is 11.3. The van der Waals surface area contributed by atoms with Crippen LogP contribution in [0.15, 0.2) is 12.1 Å². The number of aliphatic hydroxyl groups excluding tert-OH is 2. The standard InChI is InChI=1S/C10H14ClNO4/c1-2-16-10(15)7-4-3-6(12-7)9(14)8(13)5-11/h3-4,8-9,12-14H,2,5H2,1H3. The van der Waals surface area contributed by atoms with Gasteiger partial charge in [0.2, 0.25) is 0 Å². The molecule has 1 aromatic rings. The first kappa shape index (κ1) is 13.0. The van der Waals surface area contributed by atoms with E-state index in [2.05, 4.69) is 4.98 Å². The monoisotopic (exact) mass is 247 g/mol. The van der Waals surface area contributed by atoms with Gasteiger partial charge in [-0.2, -0.15) is 0 Å². The van der Waals surface area contributed by atoms with Crippen LogP contribution in [0, 0.1) is 0 Å². The van der Waals surface area contributed by atoms with Gasteiger partial charge in [0.1, 0.15) is 11.8 Å². The smallest absolute Gasteiger partial charge is 0.354 e. The Hall–Kier alpha value is -1.04. The van der Waals surface area contributed by atoms with Crippen LogP contribution in [-0.4, -0.2) is 39.8 Å². The van der Waals surface area contributed by atoms with Gasteiger partial charge in [-0.15, -0.1) is 11.6 Å². The number of carbonyl (C=O) groups is 1. The maximum atomic E-state index is 11.3. The van der Waals surface area contributed by atoms with Crippen molar-refractivity contribution in [2.45, 2.75) is 19.1 Å². The molecule has 0 bridgehead atoms. The molecule has 5 nitrogen and oxygen atoms in total. The molecule has 2 atom stereocenters. The molecule has 2 unspecified atom stereocenters. The highest BCUT2D eigenvalue weighted by molar-refractivity contribution is 6.18. The Morgan fingerprint density at radius 3 is 2.81 bits per heavy atom. The second-order valence-corrected chi connectivity index (χ2v) is 3.52. The van der Waals surface area contributed by atoms with Gasteiger partial charge < -0.3 is 19.9 Å². The molecule has 0 radical (unpaired) electrons. The van der Waals surface area contributed by atoms with E-state index in [-0.39, 0.29) is 18.2 Å². The van der Waals surface area contributed by atoms with Crippen LogP contribution in [-0.2, 0) is 4.74 Å². The number of aromatic nitrogens is 1. The molecule has 16 heavy (non-hydrogen) atoms. The first-order chi connectivity index (χ1) is 7.60. The summed E-state index contributed by atoms with van der Waals surface area (Å²) >= 11 is 5.40. The summed E-state index contributed by atoms with van der Waals surface area (Å²) in [5.74, 6) is -0.587. The second kappa shape index (κ2) is 5.89. The number of aliphatic hydroxyl groups is 2. The maximum Gasteiger partial charge on any atom is 0.354 e. The molecule has 0 aliphatic heterocycles. The lowest BCUT2D eigenvalue weighted by Gasteiger charge is -2.13. The molecular weight excluding hydrogens is 234 g/mol. The summed E-state index contributed by atoms with van der Waals surface area (Å²) in [5.41, 5.74) is 0.564. The third-order valence-electron chi connectivity index (χ3n) is 2.05. The quantitative estimate of drug-likeness (QED) is 0.532. The predicted octanol–water partition coefficient (Wildman–Crippen LogP) is 0.824. The predicted molar refractivity (Wildman–Crippen MR) is 58.4 cm³/mol. The molecule has 0 aromatic carbocycles. The van der Waals surface area contributed by atoms with Crippen molar-refractivity contribution < 1.29 is 19.7 Å². The molecule has 0 aliphatic carbocycles. The van der Waals surface area contributed by atoms with Crippen molar-refractivity contribution in [1.82, 2.24) is 4.98 Å². The van der Waals surface area contributed by atoms with E-state index >= 15 is 0 Å². The molecule has 0 spiro atoms. The van der Waals surface area contributed by atoms with Gasteiger partial charge in [-0.25, -0.2) is 4.79 Å². The molecule has 1 heterocycles. The molecular formula is C10H14ClNO4. The minimum absolute atomic E-state index is 0.0884. The number of H-pyrrole nitrogens is 1. The van der Waals surface area contributed by atoms with Gasteiger partial charge in [-0.1, -0.05) is 0 Å². The molecule has 0 aliphatic rings. The van der Waals surface area contributed by atoms with Crippen LogP contribution < -0.4 is 0 Å². The Kier molecular flexibility index (Phi) is 4.79. The van der Waals surface area contributed by atoms with Gasteiger partial charge in [-0.3, -0.25) is 0 Å². The van der Waals surface area contributed by atoms with Crippen molar-refractivity contribution in [2.75, 3.05) is 12.5 Å². The van der Waals surface area contributed by atoms with Crippen molar-refractivity contribution in [2.24, 2.45) is 0 Å². The third-order valence-corrected chi connectivity index (χ3v) is 2.36. The second-order valence-electron chi connectivity index (χ2n) is 3.21. The zero-order valence-corrected chi connectivity index (χ0v) is 9.57. The Morgan fingerprint density at radius 2 is 2.25 bits per heavy atom. The van der Waals surface area contributed by atoms with Crippen molar-refractivity contribution in [3.8, 4) is 0 Å². The number of carbonyl (C=O) groups excluding carboxylic acids is 1. The average Bonchev–Trinajstić information content (AvgIpc) is 2.76. The van der Waals surface area contributed by atoms with Crippen LogP contribution in [0.2, 0.25) is 0 Å². The highest BCUT2D eigenvalue weighted by atomic mass is 35.5. The van der Waals surface area contributed by atoms with E-state index in [1.165, 1.54) is 12.1 Å². The lowest BCUT2D eigenvalue weighted by atomic mass is 10.2. The number of nitrogens with one attached hydrogen (secondary N) is 1. The molecule has 0 fully saturated rings. The first-order valence-corrected chi connectivity index (χ1v) is 5.41. The summed E-state index contributed by atoms with van der Waals surface area (Å²) in [5, 5.41) is 18.9. The average molecular weight is 248 g/mol. The lowest BCUT2D eigenvalue weighted by Crippen LogP contribution is -2.20. The van der Waals surface area contributed by atoms with Crippen LogP contribution in [0.4, 0.5) is 0 Å². The van der Waals surface area contributed by atoms with Gasteiger partial charge >= 0.3 is 5.97 Å². The van der Waals surface area contributed by atoms with E-state index < -0.39 is 18.2 Å². The van der Waals surface area contributed by atoms with Crippen LogP contribution >= 0.6 is 11.6 Å². The lowest BCUT2D eigenvalue weighted by molar-refractivity contribution is 0.0299. The highest BCUT2D eigenvalue weighted by Gasteiger charge is 2.20. The Bertz CT molecular complexity index is 352. The minimum Gasteiger partial charge on any atom is -0.461 e. The van der Waals surface area contributed by atoms with Crippen LogP contribution in [0.3, 0.4) is 0 Å². The summed E-state index contributed by atoms with van der Waals surface area (Å²) < 4.78 is 4.77. The zero-order valence-electron chi connectivity index (χ0n) is 8.81. The molecule has 90 valence electrons. The highest BCUT2D eigenvalue weighted by Crippen LogP contribution is 2.17. The summed E-state index contributed by atoms with van der Waals surface area (Å²) in [4.78, 5) is 14.0. The van der Waals surface area contributed by atoms with Crippen molar-refractivity contribution in [3.63, 3.8) is 0 Å². The van der Waals surface area contributed by atoms with E-state index in [0.29, 0.717) is 5.69 Å². The van der Waals surface area contributed by atoms with Gasteiger partial charge in [0.05, 0.1) is 18.6 Å². The SMILES string of the molecule is CCOC(=O)c1ccc(C(O)C(O)CCl)[nH]1. The van der Waals surface area contributed by atoms with E-state index in [4.69, 9.17) is 16.3 Å². The fourth-order valence-electron chi connectivity index (χ4n) is 1.20. The van der Waals surface area contributed by atoms with E-state index in [1.807, 2.05) is 0 Å². The van der Waals surface area contributed by atoms with Crippen molar-refractivity contribution in [1.29, 1.82) is 0 Å². The summed E-state index contributed by atoms with van der Waals surface area (Å²) in [6.45, 7) is 1.98. The number of alkyl halides is 1. The fraction of sp³-hybridized carbons (Fsp3) is 0.500. The van der Waals surface area contributed by atoms with Crippen molar-refractivity contribution >= 4 is 17.6 Å². The Balaban J connectivity index is 2.74. The Labute approximate surface area is 98.0 Å². The molecule has 3 N–H and O–H groups in total. The molecule has 1 aromatic heterocycles. The molecule has 1 rings (SSSR count). The van der Waals surface area contributed by atoms with Gasteiger partial charge in [0.25, 0.3) is 0 Å². The molecule has 0 saturated heterocycles. The van der Waals surface area contributed by atoms with Crippen LogP contribution in [0.25, 0.3) is 0 Å².